The van der Waals surface area contributed by atoms with Gasteiger partial charge >= 0.3 is 7.75 Å². The molecule has 0 unspecified atom stereocenters. The van der Waals surface area contributed by atoms with E-state index in [-0.39, 0.29) is 5.75 Å². The first kappa shape index (κ1) is 21.5. The van der Waals surface area contributed by atoms with Crippen LogP contribution in [0.4, 0.5) is 0 Å². The predicted octanol–water partition coefficient (Wildman–Crippen LogP) is 5.82. The maximum atomic E-state index is 13.7. The molecule has 0 heterocycles. The third kappa shape index (κ3) is 5.02. The van der Waals surface area contributed by atoms with E-state index in [1.807, 2.05) is 64.1 Å². The Balaban J connectivity index is 1.95. The molecule has 3 aromatic rings. The molecule has 0 bridgehead atoms. The predicted molar refractivity (Wildman–Crippen MR) is 120 cm³/mol. The molecule has 0 spiro atoms. The molecule has 0 amide bonds. The molecule has 0 fully saturated rings. The maximum Gasteiger partial charge on any atom is 0.557 e. The normalized spacial score (nSPS) is 11.5. The summed E-state index contributed by atoms with van der Waals surface area (Å²) < 4.78 is 25.5. The molecule has 3 rings (SSSR count). The Bertz CT molecular complexity index is 1030. The van der Waals surface area contributed by atoms with E-state index in [2.05, 4.69) is 10.3 Å². The van der Waals surface area contributed by atoms with Gasteiger partial charge in [-0.05, 0) is 62.1 Å². The van der Waals surface area contributed by atoms with Crippen LogP contribution in [0.5, 0.6) is 17.2 Å². The number of benzene rings is 3. The zero-order valence-electron chi connectivity index (χ0n) is 17.4. The Morgan fingerprint density at radius 2 is 1.27 bits per heavy atom. The SMILES string of the molecule is Cc1cccc(C)c1OP(=O)(NN=Cc1ccccc1O)Oc1c(C)cccc1C. The van der Waals surface area contributed by atoms with Crippen molar-refractivity contribution in [3.05, 3.63) is 88.5 Å². The quantitative estimate of drug-likeness (QED) is 0.284. The summed E-state index contributed by atoms with van der Waals surface area (Å²) in [6.45, 7) is 7.49. The molecule has 0 atom stereocenters. The van der Waals surface area contributed by atoms with Crippen LogP contribution in [0.3, 0.4) is 0 Å². The lowest BCUT2D eigenvalue weighted by molar-refractivity contribution is 0.368. The molecule has 30 heavy (non-hydrogen) atoms. The van der Waals surface area contributed by atoms with Crippen LogP contribution in [0.2, 0.25) is 0 Å². The van der Waals surface area contributed by atoms with Crippen molar-refractivity contribution in [1.29, 1.82) is 0 Å². The minimum absolute atomic E-state index is 0.0595. The highest BCUT2D eigenvalue weighted by atomic mass is 31.2. The lowest BCUT2D eigenvalue weighted by Gasteiger charge is -2.22. The fraction of sp³-hybridized carbons (Fsp3) is 0.174. The van der Waals surface area contributed by atoms with Gasteiger partial charge in [0.25, 0.3) is 0 Å². The minimum atomic E-state index is -3.95. The third-order valence-corrected chi connectivity index (χ3v) is 5.77. The van der Waals surface area contributed by atoms with E-state index in [0.717, 1.165) is 22.3 Å². The van der Waals surface area contributed by atoms with E-state index in [9.17, 15) is 9.67 Å². The lowest BCUT2D eigenvalue weighted by atomic mass is 10.1. The highest BCUT2D eigenvalue weighted by Gasteiger charge is 2.31. The van der Waals surface area contributed by atoms with Crippen molar-refractivity contribution in [3.8, 4) is 17.2 Å². The second kappa shape index (κ2) is 9.06. The van der Waals surface area contributed by atoms with Gasteiger partial charge in [0, 0.05) is 5.56 Å². The number of aromatic hydroxyl groups is 1. The minimum Gasteiger partial charge on any atom is -0.507 e. The van der Waals surface area contributed by atoms with E-state index in [0.29, 0.717) is 17.1 Å². The number of rotatable bonds is 7. The number of hydrazone groups is 1. The summed E-state index contributed by atoms with van der Waals surface area (Å²) in [7, 11) is -3.95. The molecule has 156 valence electrons. The molecular weight excluding hydrogens is 399 g/mol. The molecule has 0 aliphatic heterocycles. The Kier molecular flexibility index (Phi) is 6.48. The van der Waals surface area contributed by atoms with Crippen LogP contribution in [0.1, 0.15) is 27.8 Å². The van der Waals surface area contributed by atoms with Gasteiger partial charge < -0.3 is 14.2 Å². The average Bonchev–Trinajstić information content (AvgIpc) is 2.70. The molecule has 0 saturated carbocycles. The first-order valence-electron chi connectivity index (χ1n) is 9.49. The van der Waals surface area contributed by atoms with Crippen molar-refractivity contribution in [1.82, 2.24) is 5.20 Å². The highest BCUT2D eigenvalue weighted by molar-refractivity contribution is 7.52. The number of nitrogens with one attached hydrogen (secondary N) is 1. The van der Waals surface area contributed by atoms with Crippen molar-refractivity contribution in [2.45, 2.75) is 27.7 Å². The summed E-state index contributed by atoms with van der Waals surface area (Å²) in [5.41, 5.74) is 3.77. The maximum absolute atomic E-state index is 13.7. The van der Waals surface area contributed by atoms with E-state index in [4.69, 9.17) is 9.05 Å². The number of hydrogen-bond acceptors (Lipinski definition) is 5. The Morgan fingerprint density at radius 3 is 1.73 bits per heavy atom. The number of hydrogen-bond donors (Lipinski definition) is 2. The number of aryl methyl sites for hydroxylation is 4. The molecule has 2 N–H and O–H groups in total. The van der Waals surface area contributed by atoms with Gasteiger partial charge in [-0.3, -0.25) is 0 Å². The Morgan fingerprint density at radius 1 is 0.800 bits per heavy atom. The second-order valence-corrected chi connectivity index (χ2v) is 8.60. The van der Waals surface area contributed by atoms with Gasteiger partial charge in [-0.2, -0.15) is 10.3 Å². The molecule has 0 radical (unpaired) electrons. The van der Waals surface area contributed by atoms with Gasteiger partial charge in [0.1, 0.15) is 17.2 Å². The Labute approximate surface area is 176 Å². The van der Waals surface area contributed by atoms with Crippen LogP contribution in [-0.2, 0) is 4.57 Å². The molecule has 0 aliphatic rings. The van der Waals surface area contributed by atoms with Crippen molar-refractivity contribution in [2.24, 2.45) is 5.10 Å². The van der Waals surface area contributed by atoms with Crippen LogP contribution < -0.4 is 14.2 Å². The molecule has 7 heteroatoms. The van der Waals surface area contributed by atoms with Crippen LogP contribution in [0.15, 0.2) is 65.8 Å². The zero-order chi connectivity index (χ0) is 21.7. The van der Waals surface area contributed by atoms with Gasteiger partial charge in [-0.15, -0.1) is 0 Å². The van der Waals surface area contributed by atoms with Crippen LogP contribution in [0.25, 0.3) is 0 Å². The molecular formula is C23H25N2O4P. The largest absolute Gasteiger partial charge is 0.557 e. The third-order valence-electron chi connectivity index (χ3n) is 4.56. The number of para-hydroxylation sites is 3. The van der Waals surface area contributed by atoms with E-state index in [1.54, 1.807) is 24.3 Å². The van der Waals surface area contributed by atoms with Gasteiger partial charge in [0.05, 0.1) is 6.21 Å². The van der Waals surface area contributed by atoms with Gasteiger partial charge in [0.2, 0.25) is 0 Å². The number of phenols is 1. The van der Waals surface area contributed by atoms with Crippen LogP contribution >= 0.6 is 7.75 Å². The van der Waals surface area contributed by atoms with Crippen molar-refractivity contribution in [3.63, 3.8) is 0 Å². The van der Waals surface area contributed by atoms with E-state index in [1.165, 1.54) is 6.21 Å². The highest BCUT2D eigenvalue weighted by Crippen LogP contribution is 2.48. The fourth-order valence-electron chi connectivity index (χ4n) is 2.95. The molecule has 0 aromatic heterocycles. The van der Waals surface area contributed by atoms with E-state index < -0.39 is 7.75 Å². The van der Waals surface area contributed by atoms with Gasteiger partial charge in [-0.25, -0.2) is 4.57 Å². The second-order valence-electron chi connectivity index (χ2n) is 7.04. The van der Waals surface area contributed by atoms with Gasteiger partial charge in [0.15, 0.2) is 0 Å². The van der Waals surface area contributed by atoms with Crippen molar-refractivity contribution >= 4 is 14.0 Å². The van der Waals surface area contributed by atoms with Crippen molar-refractivity contribution in [2.75, 3.05) is 0 Å². The lowest BCUT2D eigenvalue weighted by Crippen LogP contribution is -2.16. The fourth-order valence-corrected chi connectivity index (χ4v) is 4.33. The van der Waals surface area contributed by atoms with Gasteiger partial charge in [-0.1, -0.05) is 48.5 Å². The summed E-state index contributed by atoms with van der Waals surface area (Å²) in [4.78, 5) is 0. The summed E-state index contributed by atoms with van der Waals surface area (Å²) in [6, 6.07) is 18.0. The first-order valence-corrected chi connectivity index (χ1v) is 11.0. The summed E-state index contributed by atoms with van der Waals surface area (Å²) in [6.07, 6.45) is 1.37. The standard InChI is InChI=1S/C23H25N2O4P/c1-16-9-7-10-17(2)22(16)28-30(27,29-23-18(3)11-8-12-19(23)4)25-24-15-20-13-5-6-14-21(20)26/h5-15,26H,1-4H3,(H,25,27). The molecule has 3 aromatic carbocycles. The number of phenolic OH excluding ortho intramolecular Hbond substituents is 1. The van der Waals surface area contributed by atoms with Crippen LogP contribution in [-0.4, -0.2) is 11.3 Å². The topological polar surface area (TPSA) is 80.2 Å². The first-order chi connectivity index (χ1) is 14.3. The molecule has 6 nitrogen and oxygen atoms in total. The summed E-state index contributed by atoms with van der Waals surface area (Å²) in [5.74, 6) is 0.999. The summed E-state index contributed by atoms with van der Waals surface area (Å²) in [5, 5.41) is 16.5. The average molecular weight is 424 g/mol. The molecule has 0 saturated heterocycles. The van der Waals surface area contributed by atoms with Crippen LogP contribution in [0, 0.1) is 27.7 Å². The summed E-state index contributed by atoms with van der Waals surface area (Å²) >= 11 is 0. The number of nitrogens with zero attached hydrogens (tertiary/aromatic N) is 1. The van der Waals surface area contributed by atoms with Crippen molar-refractivity contribution < 1.29 is 18.7 Å². The monoisotopic (exact) mass is 424 g/mol. The Hall–Kier alpha value is -3.24. The molecule has 0 aliphatic carbocycles. The smallest absolute Gasteiger partial charge is 0.507 e. The zero-order valence-corrected chi connectivity index (χ0v) is 18.3. The van der Waals surface area contributed by atoms with E-state index >= 15 is 0 Å².